The zero-order chi connectivity index (χ0) is 27.3. The number of aliphatic carboxylic acids is 1. The summed E-state index contributed by atoms with van der Waals surface area (Å²) >= 11 is 0. The van der Waals surface area contributed by atoms with Gasteiger partial charge in [-0.2, -0.15) is 0 Å². The number of pyridine rings is 2. The van der Waals surface area contributed by atoms with Crippen LogP contribution in [0.4, 0.5) is 0 Å². The quantitative estimate of drug-likeness (QED) is 0.411. The Hall–Kier alpha value is -3.94. The highest BCUT2D eigenvalue weighted by molar-refractivity contribution is 5.82. The van der Waals surface area contributed by atoms with E-state index in [9.17, 15) is 19.5 Å². The summed E-state index contributed by atoms with van der Waals surface area (Å²) in [6.07, 6.45) is 3.33. The fourth-order valence-electron chi connectivity index (χ4n) is 4.62. The summed E-state index contributed by atoms with van der Waals surface area (Å²) in [6, 6.07) is 9.33. The summed E-state index contributed by atoms with van der Waals surface area (Å²) in [5.41, 5.74) is 4.85. The molecule has 2 heterocycles. The van der Waals surface area contributed by atoms with E-state index in [2.05, 4.69) is 10.3 Å². The topological polar surface area (TPSA) is 111 Å². The standard InChI is InChI=1S/C29H35N3O5/c1-17(2)12-24(32-11-10-18(3)13-25(32)33)28(36)31-23(15-26(34)35)22-14-21(16-30-29(22)37-6)27-19(4)8-7-9-20(27)5/h7-11,13-14,16-17,23-24H,12,15H2,1-6H3,(H,31,36)(H,34,35)/t23-,24-/m0/s1. The van der Waals surface area contributed by atoms with Crippen molar-refractivity contribution in [3.63, 3.8) is 0 Å². The molecule has 8 heteroatoms. The zero-order valence-corrected chi connectivity index (χ0v) is 22.2. The van der Waals surface area contributed by atoms with E-state index in [4.69, 9.17) is 4.74 Å². The third-order valence-electron chi connectivity index (χ3n) is 6.35. The molecule has 8 nitrogen and oxygen atoms in total. The highest BCUT2D eigenvalue weighted by atomic mass is 16.5. The van der Waals surface area contributed by atoms with E-state index in [0.29, 0.717) is 12.0 Å². The zero-order valence-electron chi connectivity index (χ0n) is 22.2. The lowest BCUT2D eigenvalue weighted by molar-refractivity contribution is -0.138. The predicted molar refractivity (Wildman–Crippen MR) is 143 cm³/mol. The van der Waals surface area contributed by atoms with Crippen molar-refractivity contribution in [1.29, 1.82) is 0 Å². The SMILES string of the molecule is COc1ncc(-c2c(C)cccc2C)cc1[C@H](CC(=O)O)NC(=O)[C@H](CC(C)C)n1ccc(C)cc1=O. The molecule has 2 N–H and O–H groups in total. The molecule has 37 heavy (non-hydrogen) atoms. The number of nitrogens with one attached hydrogen (secondary N) is 1. The number of carbonyl (C=O) groups excluding carboxylic acids is 1. The van der Waals surface area contributed by atoms with Crippen molar-refractivity contribution < 1.29 is 19.4 Å². The van der Waals surface area contributed by atoms with Gasteiger partial charge in [-0.25, -0.2) is 4.98 Å². The van der Waals surface area contributed by atoms with E-state index in [-0.39, 0.29) is 23.8 Å². The maximum absolute atomic E-state index is 13.6. The molecule has 0 radical (unpaired) electrons. The highest BCUT2D eigenvalue weighted by Crippen LogP contribution is 2.33. The summed E-state index contributed by atoms with van der Waals surface area (Å²) in [4.78, 5) is 42.7. The number of nitrogens with zero attached hydrogens (tertiary/aromatic N) is 2. The Bertz CT molecular complexity index is 1330. The molecule has 0 saturated heterocycles. The smallest absolute Gasteiger partial charge is 0.305 e. The predicted octanol–water partition coefficient (Wildman–Crippen LogP) is 4.76. The molecule has 2 atom stereocenters. The largest absolute Gasteiger partial charge is 0.481 e. The Kier molecular flexibility index (Phi) is 8.86. The molecular formula is C29H35N3O5. The Balaban J connectivity index is 2.07. The number of amides is 1. The van der Waals surface area contributed by atoms with E-state index in [1.807, 2.05) is 58.9 Å². The van der Waals surface area contributed by atoms with Crippen molar-refractivity contribution in [3.05, 3.63) is 81.4 Å². The van der Waals surface area contributed by atoms with Gasteiger partial charge in [0.2, 0.25) is 11.8 Å². The third-order valence-corrected chi connectivity index (χ3v) is 6.35. The van der Waals surface area contributed by atoms with Gasteiger partial charge in [-0.15, -0.1) is 0 Å². The summed E-state index contributed by atoms with van der Waals surface area (Å²) in [7, 11) is 1.46. The van der Waals surface area contributed by atoms with E-state index < -0.39 is 24.0 Å². The molecule has 1 amide bonds. The number of hydrogen-bond acceptors (Lipinski definition) is 5. The van der Waals surface area contributed by atoms with Crippen LogP contribution in [0.2, 0.25) is 0 Å². The van der Waals surface area contributed by atoms with Crippen LogP contribution in [-0.4, -0.2) is 33.6 Å². The van der Waals surface area contributed by atoms with Crippen molar-refractivity contribution in [2.45, 2.75) is 59.5 Å². The van der Waals surface area contributed by atoms with Gasteiger partial charge < -0.3 is 19.7 Å². The van der Waals surface area contributed by atoms with Crippen LogP contribution in [0.3, 0.4) is 0 Å². The van der Waals surface area contributed by atoms with Crippen LogP contribution >= 0.6 is 0 Å². The van der Waals surface area contributed by atoms with E-state index >= 15 is 0 Å². The second-order valence-corrected chi connectivity index (χ2v) is 9.84. The molecule has 0 spiro atoms. The lowest BCUT2D eigenvalue weighted by Gasteiger charge is -2.26. The van der Waals surface area contributed by atoms with Crippen molar-refractivity contribution in [2.75, 3.05) is 7.11 Å². The van der Waals surface area contributed by atoms with Crippen molar-refractivity contribution >= 4 is 11.9 Å². The number of carboxylic acids is 1. The van der Waals surface area contributed by atoms with Crippen molar-refractivity contribution in [1.82, 2.24) is 14.9 Å². The van der Waals surface area contributed by atoms with E-state index in [0.717, 1.165) is 27.8 Å². The Morgan fingerprint density at radius 2 is 1.78 bits per heavy atom. The van der Waals surface area contributed by atoms with Crippen LogP contribution in [0.1, 0.15) is 61.0 Å². The first kappa shape index (κ1) is 27.6. The Morgan fingerprint density at radius 1 is 1.11 bits per heavy atom. The van der Waals surface area contributed by atoms with Crippen LogP contribution in [0.25, 0.3) is 11.1 Å². The summed E-state index contributed by atoms with van der Waals surface area (Å²) in [5, 5.41) is 12.6. The molecule has 3 rings (SSSR count). The number of aromatic nitrogens is 2. The first-order valence-corrected chi connectivity index (χ1v) is 12.3. The summed E-state index contributed by atoms with van der Waals surface area (Å²) < 4.78 is 6.88. The number of hydrogen-bond donors (Lipinski definition) is 2. The number of aryl methyl sites for hydroxylation is 3. The van der Waals surface area contributed by atoms with Crippen molar-refractivity contribution in [2.24, 2.45) is 5.92 Å². The second-order valence-electron chi connectivity index (χ2n) is 9.84. The normalized spacial score (nSPS) is 12.7. The molecule has 3 aromatic rings. The van der Waals surface area contributed by atoms with Gasteiger partial charge in [-0.05, 0) is 67.5 Å². The fraction of sp³-hybridized carbons (Fsp3) is 0.379. The average Bonchev–Trinajstić information content (AvgIpc) is 2.82. The van der Waals surface area contributed by atoms with Gasteiger partial charge in [-0.1, -0.05) is 32.0 Å². The number of carbonyl (C=O) groups is 2. The monoisotopic (exact) mass is 505 g/mol. The summed E-state index contributed by atoms with van der Waals surface area (Å²) in [6.45, 7) is 9.75. The lowest BCUT2D eigenvalue weighted by Crippen LogP contribution is -2.40. The lowest BCUT2D eigenvalue weighted by atomic mass is 9.94. The molecule has 0 unspecified atom stereocenters. The minimum atomic E-state index is -1.09. The first-order valence-electron chi connectivity index (χ1n) is 12.3. The molecule has 0 aliphatic rings. The molecule has 1 aromatic carbocycles. The number of ether oxygens (including phenoxy) is 1. The van der Waals surface area contributed by atoms with Crippen LogP contribution in [-0.2, 0) is 9.59 Å². The number of methoxy groups -OCH3 is 1. The minimum Gasteiger partial charge on any atom is -0.481 e. The maximum Gasteiger partial charge on any atom is 0.305 e. The van der Waals surface area contributed by atoms with Gasteiger partial charge in [0.15, 0.2) is 0 Å². The van der Waals surface area contributed by atoms with E-state index in [1.54, 1.807) is 18.5 Å². The molecular weight excluding hydrogens is 470 g/mol. The second kappa shape index (κ2) is 11.9. The molecule has 0 aliphatic heterocycles. The van der Waals surface area contributed by atoms with Crippen LogP contribution in [0.5, 0.6) is 5.88 Å². The molecule has 0 fully saturated rings. The maximum atomic E-state index is 13.6. The van der Waals surface area contributed by atoms with Gasteiger partial charge in [-0.3, -0.25) is 14.4 Å². The van der Waals surface area contributed by atoms with Crippen LogP contribution in [0.15, 0.2) is 53.6 Å². The van der Waals surface area contributed by atoms with Gasteiger partial charge in [0.25, 0.3) is 5.56 Å². The van der Waals surface area contributed by atoms with Gasteiger partial charge in [0.1, 0.15) is 6.04 Å². The average molecular weight is 506 g/mol. The Morgan fingerprint density at radius 3 is 2.35 bits per heavy atom. The van der Waals surface area contributed by atoms with Crippen LogP contribution in [0, 0.1) is 26.7 Å². The molecule has 0 aliphatic carbocycles. The first-order chi connectivity index (χ1) is 17.5. The number of rotatable bonds is 10. The Labute approximate surface area is 217 Å². The van der Waals surface area contributed by atoms with Crippen LogP contribution < -0.4 is 15.6 Å². The number of carboxylic acid groups (broad SMARTS) is 1. The fourth-order valence-corrected chi connectivity index (χ4v) is 4.62. The van der Waals surface area contributed by atoms with Crippen molar-refractivity contribution in [3.8, 4) is 17.0 Å². The van der Waals surface area contributed by atoms with Gasteiger partial charge in [0.05, 0.1) is 19.6 Å². The molecule has 0 saturated carbocycles. The van der Waals surface area contributed by atoms with Gasteiger partial charge >= 0.3 is 5.97 Å². The minimum absolute atomic E-state index is 0.116. The van der Waals surface area contributed by atoms with Gasteiger partial charge in [0, 0.05) is 29.6 Å². The highest BCUT2D eigenvalue weighted by Gasteiger charge is 2.29. The molecule has 2 aromatic heterocycles. The summed E-state index contributed by atoms with van der Waals surface area (Å²) in [5.74, 6) is -1.18. The van der Waals surface area contributed by atoms with E-state index in [1.165, 1.54) is 17.7 Å². The third kappa shape index (κ3) is 6.64. The number of benzene rings is 1. The molecule has 196 valence electrons. The molecule has 0 bridgehead atoms.